The quantitative estimate of drug-likeness (QED) is 0.868. The molecule has 0 radical (unpaired) electrons. The molecule has 1 fully saturated rings. The summed E-state index contributed by atoms with van der Waals surface area (Å²) in [6, 6.07) is 6.94. The number of para-hydroxylation sites is 2. The van der Waals surface area contributed by atoms with Crippen molar-refractivity contribution in [1.82, 2.24) is 5.32 Å². The Bertz CT molecular complexity index is 591. The summed E-state index contributed by atoms with van der Waals surface area (Å²) >= 11 is 0. The molecule has 2 amide bonds. The molecule has 1 aromatic rings. The topological polar surface area (TPSA) is 58.6 Å². The van der Waals surface area contributed by atoms with Gasteiger partial charge in [-0.25, -0.2) is 0 Å². The fraction of sp³-hybridized carbons (Fsp3) is 0.412. The number of hydrogen-bond acceptors (Lipinski definition) is 3. The van der Waals surface area contributed by atoms with Gasteiger partial charge in [-0.05, 0) is 38.8 Å². The minimum atomic E-state index is -0.484. The number of carbonyl (C=O) groups excluding carboxylic acids is 2. The first-order valence-corrected chi connectivity index (χ1v) is 7.42. The molecular weight excluding hydrogens is 280 g/mol. The highest BCUT2D eigenvalue weighted by atomic mass is 16.5. The normalized spacial score (nSPS) is 17.9. The molecule has 1 N–H and O–H groups in total. The van der Waals surface area contributed by atoms with E-state index in [0.29, 0.717) is 18.7 Å². The summed E-state index contributed by atoms with van der Waals surface area (Å²) in [4.78, 5) is 26.2. The largest absolute Gasteiger partial charge is 0.495 e. The highest BCUT2D eigenvalue weighted by molar-refractivity contribution is 6.02. The van der Waals surface area contributed by atoms with Crippen LogP contribution in [-0.4, -0.2) is 31.5 Å². The van der Waals surface area contributed by atoms with Gasteiger partial charge in [-0.2, -0.15) is 0 Å². The zero-order valence-electron chi connectivity index (χ0n) is 13.3. The Morgan fingerprint density at radius 1 is 1.36 bits per heavy atom. The van der Waals surface area contributed by atoms with Crippen LogP contribution in [0, 0.1) is 0 Å². The van der Waals surface area contributed by atoms with Crippen molar-refractivity contribution in [3.8, 4) is 5.75 Å². The predicted molar refractivity (Wildman–Crippen MR) is 85.9 cm³/mol. The number of rotatable bonds is 4. The number of ether oxygens (including phenoxy) is 1. The molecule has 1 aromatic carbocycles. The predicted octanol–water partition coefficient (Wildman–Crippen LogP) is 2.27. The van der Waals surface area contributed by atoms with E-state index in [9.17, 15) is 9.59 Å². The number of nitrogens with one attached hydrogen (secondary N) is 1. The lowest BCUT2D eigenvalue weighted by atomic mass is 10.0. The number of benzene rings is 1. The Kier molecular flexibility index (Phi) is 5.20. The summed E-state index contributed by atoms with van der Waals surface area (Å²) in [5, 5.41) is 2.79. The smallest absolute Gasteiger partial charge is 0.249 e. The number of anilines is 1. The van der Waals surface area contributed by atoms with Crippen LogP contribution < -0.4 is 15.0 Å². The Morgan fingerprint density at radius 2 is 2.09 bits per heavy atom. The van der Waals surface area contributed by atoms with E-state index in [0.717, 1.165) is 17.7 Å². The molecule has 1 aliphatic rings. The molecular formula is C17H22N2O3. The standard InChI is InChI=1S/C17H22N2O3/c1-12(2)11-16(20)18-13-7-6-10-19(17(13)21)14-8-4-5-9-15(14)22-3/h4-5,8-9,11,13H,6-7,10H2,1-3H3,(H,18,20)/t13-/m0/s1. The molecule has 0 aliphatic carbocycles. The van der Waals surface area contributed by atoms with Crippen molar-refractivity contribution < 1.29 is 14.3 Å². The highest BCUT2D eigenvalue weighted by Gasteiger charge is 2.31. The monoisotopic (exact) mass is 302 g/mol. The summed E-state index contributed by atoms with van der Waals surface area (Å²) in [5.74, 6) is 0.346. The number of nitrogens with zero attached hydrogens (tertiary/aromatic N) is 1. The van der Waals surface area contributed by atoms with Gasteiger partial charge in [0.1, 0.15) is 11.8 Å². The molecule has 0 aromatic heterocycles. The summed E-state index contributed by atoms with van der Waals surface area (Å²) in [6.45, 7) is 4.33. The summed E-state index contributed by atoms with van der Waals surface area (Å²) in [5.41, 5.74) is 1.65. The molecule has 22 heavy (non-hydrogen) atoms. The maximum Gasteiger partial charge on any atom is 0.249 e. The zero-order valence-corrected chi connectivity index (χ0v) is 13.3. The van der Waals surface area contributed by atoms with Gasteiger partial charge in [-0.3, -0.25) is 9.59 Å². The highest BCUT2D eigenvalue weighted by Crippen LogP contribution is 2.30. The van der Waals surface area contributed by atoms with Crippen LogP contribution in [0.3, 0.4) is 0 Å². The number of amides is 2. The van der Waals surface area contributed by atoms with Crippen molar-refractivity contribution >= 4 is 17.5 Å². The number of hydrogen-bond donors (Lipinski definition) is 1. The van der Waals surface area contributed by atoms with E-state index in [2.05, 4.69) is 5.32 Å². The number of allylic oxidation sites excluding steroid dienone is 1. The number of methoxy groups -OCH3 is 1. The third-order valence-corrected chi connectivity index (χ3v) is 3.55. The molecule has 118 valence electrons. The summed E-state index contributed by atoms with van der Waals surface area (Å²) in [7, 11) is 1.58. The molecule has 0 bridgehead atoms. The lowest BCUT2D eigenvalue weighted by molar-refractivity contribution is -0.126. The fourth-order valence-corrected chi connectivity index (χ4v) is 2.58. The average molecular weight is 302 g/mol. The van der Waals surface area contributed by atoms with Gasteiger partial charge >= 0.3 is 0 Å². The average Bonchev–Trinajstić information content (AvgIpc) is 2.48. The molecule has 0 saturated carbocycles. The van der Waals surface area contributed by atoms with Gasteiger partial charge in [0.05, 0.1) is 12.8 Å². The molecule has 1 atom stereocenters. The Labute approximate surface area is 130 Å². The molecule has 2 rings (SSSR count). The lowest BCUT2D eigenvalue weighted by Crippen LogP contribution is -2.52. The van der Waals surface area contributed by atoms with Gasteiger partial charge in [0, 0.05) is 12.6 Å². The van der Waals surface area contributed by atoms with E-state index in [1.54, 1.807) is 12.0 Å². The first-order chi connectivity index (χ1) is 10.5. The fourth-order valence-electron chi connectivity index (χ4n) is 2.58. The number of piperidine rings is 1. The van der Waals surface area contributed by atoms with Crippen molar-refractivity contribution in [2.45, 2.75) is 32.7 Å². The summed E-state index contributed by atoms with van der Waals surface area (Å²) in [6.07, 6.45) is 3.01. The van der Waals surface area contributed by atoms with Crippen LogP contribution in [0.15, 0.2) is 35.9 Å². The van der Waals surface area contributed by atoms with Crippen LogP contribution in [0.25, 0.3) is 0 Å². The molecule has 5 heteroatoms. The van der Waals surface area contributed by atoms with E-state index in [-0.39, 0.29) is 11.8 Å². The van der Waals surface area contributed by atoms with Gasteiger partial charge in [-0.1, -0.05) is 17.7 Å². The molecule has 1 heterocycles. The maximum absolute atomic E-state index is 12.7. The molecule has 5 nitrogen and oxygen atoms in total. The van der Waals surface area contributed by atoms with Gasteiger partial charge in [-0.15, -0.1) is 0 Å². The van der Waals surface area contributed by atoms with Crippen LogP contribution in [-0.2, 0) is 9.59 Å². The molecule has 0 spiro atoms. The molecule has 1 saturated heterocycles. The third-order valence-electron chi connectivity index (χ3n) is 3.55. The van der Waals surface area contributed by atoms with Gasteiger partial charge in [0.25, 0.3) is 0 Å². The van der Waals surface area contributed by atoms with Gasteiger partial charge in [0.15, 0.2) is 0 Å². The maximum atomic E-state index is 12.7. The first-order valence-electron chi connectivity index (χ1n) is 7.42. The third kappa shape index (κ3) is 3.67. The van der Waals surface area contributed by atoms with Crippen LogP contribution in [0.1, 0.15) is 26.7 Å². The van der Waals surface area contributed by atoms with E-state index in [4.69, 9.17) is 4.74 Å². The second-order valence-corrected chi connectivity index (χ2v) is 5.59. The Balaban J connectivity index is 2.16. The van der Waals surface area contributed by atoms with Crippen LogP contribution >= 0.6 is 0 Å². The van der Waals surface area contributed by atoms with Gasteiger partial charge in [0.2, 0.25) is 11.8 Å². The van der Waals surface area contributed by atoms with Crippen LogP contribution in [0.5, 0.6) is 5.75 Å². The van der Waals surface area contributed by atoms with E-state index < -0.39 is 6.04 Å². The minimum Gasteiger partial charge on any atom is -0.495 e. The van der Waals surface area contributed by atoms with Crippen molar-refractivity contribution in [3.05, 3.63) is 35.9 Å². The molecule has 1 aliphatic heterocycles. The van der Waals surface area contributed by atoms with Crippen LogP contribution in [0.4, 0.5) is 5.69 Å². The van der Waals surface area contributed by atoms with E-state index >= 15 is 0 Å². The summed E-state index contributed by atoms with van der Waals surface area (Å²) < 4.78 is 5.33. The van der Waals surface area contributed by atoms with E-state index in [1.807, 2.05) is 38.1 Å². The van der Waals surface area contributed by atoms with Crippen molar-refractivity contribution in [1.29, 1.82) is 0 Å². The Hall–Kier alpha value is -2.30. The minimum absolute atomic E-state index is 0.0914. The van der Waals surface area contributed by atoms with Crippen molar-refractivity contribution in [2.24, 2.45) is 0 Å². The zero-order chi connectivity index (χ0) is 16.1. The second kappa shape index (κ2) is 7.11. The second-order valence-electron chi connectivity index (χ2n) is 5.59. The van der Waals surface area contributed by atoms with Crippen molar-refractivity contribution in [3.63, 3.8) is 0 Å². The van der Waals surface area contributed by atoms with E-state index in [1.165, 1.54) is 6.08 Å². The molecule has 0 unspecified atom stereocenters. The first kappa shape index (κ1) is 16.1. The SMILES string of the molecule is COc1ccccc1N1CCC[C@H](NC(=O)C=C(C)C)C1=O. The van der Waals surface area contributed by atoms with Gasteiger partial charge < -0.3 is 15.0 Å². The Morgan fingerprint density at radius 3 is 2.77 bits per heavy atom. The number of carbonyl (C=O) groups is 2. The lowest BCUT2D eigenvalue weighted by Gasteiger charge is -2.33. The van der Waals surface area contributed by atoms with Crippen molar-refractivity contribution in [2.75, 3.05) is 18.6 Å². The van der Waals surface area contributed by atoms with Crippen LogP contribution in [0.2, 0.25) is 0 Å².